The van der Waals surface area contributed by atoms with Crippen molar-refractivity contribution in [2.75, 3.05) is 0 Å². The predicted molar refractivity (Wildman–Crippen MR) is 54.1 cm³/mol. The summed E-state index contributed by atoms with van der Waals surface area (Å²) in [4.78, 5) is 4.10. The summed E-state index contributed by atoms with van der Waals surface area (Å²) in [7, 11) is 0. The molecule has 0 aromatic heterocycles. The first-order chi connectivity index (χ1) is 5.04. The summed E-state index contributed by atoms with van der Waals surface area (Å²) in [5, 5.41) is 0. The van der Waals surface area contributed by atoms with E-state index < -0.39 is 0 Å². The molecule has 0 aliphatic carbocycles. The zero-order chi connectivity index (χ0) is 9.44. The van der Waals surface area contributed by atoms with Crippen molar-refractivity contribution < 1.29 is 0 Å². The van der Waals surface area contributed by atoms with E-state index in [0.29, 0.717) is 0 Å². The Bertz CT molecular complexity index is 164. The smallest absolute Gasteiger partial charge is 0.0398 e. The minimum absolute atomic E-state index is 0.829. The molecule has 0 saturated heterocycles. The molecule has 0 saturated carbocycles. The standard InChI is InChI=1S/C8H13N.C2H6/c1-6(2)8(5)9-7(3)4;1-2/h1,3H2,2,4-5H3;1-2H3. The van der Waals surface area contributed by atoms with Crippen molar-refractivity contribution in [2.45, 2.75) is 34.6 Å². The Morgan fingerprint density at radius 1 is 1.00 bits per heavy atom. The number of hydrogen-bond donors (Lipinski definition) is 0. The summed E-state index contributed by atoms with van der Waals surface area (Å²) in [6, 6.07) is 0. The first kappa shape index (κ1) is 12.8. The second kappa shape index (κ2) is 7.26. The minimum atomic E-state index is 0.829. The highest BCUT2D eigenvalue weighted by molar-refractivity contribution is 5.97. The molecular formula is C10H19N. The van der Waals surface area contributed by atoms with Crippen LogP contribution < -0.4 is 0 Å². The van der Waals surface area contributed by atoms with Crippen LogP contribution in [0.4, 0.5) is 0 Å². The van der Waals surface area contributed by atoms with Crippen LogP contribution >= 0.6 is 0 Å². The molecule has 0 rings (SSSR count). The lowest BCUT2D eigenvalue weighted by Crippen LogP contribution is -1.90. The van der Waals surface area contributed by atoms with Crippen LogP contribution in [-0.2, 0) is 0 Å². The summed E-state index contributed by atoms with van der Waals surface area (Å²) in [5.41, 5.74) is 2.79. The molecule has 0 spiro atoms. The Balaban J connectivity index is 0. The second-order valence-corrected chi connectivity index (χ2v) is 2.21. The van der Waals surface area contributed by atoms with E-state index in [1.807, 2.05) is 34.6 Å². The number of rotatable bonds is 2. The highest BCUT2D eigenvalue weighted by Crippen LogP contribution is 1.96. The third-order valence-electron chi connectivity index (χ3n) is 0.976. The molecule has 0 aromatic carbocycles. The summed E-state index contributed by atoms with van der Waals surface area (Å²) in [6.07, 6.45) is 0. The molecule has 0 bridgehead atoms. The van der Waals surface area contributed by atoms with Crippen molar-refractivity contribution in [1.82, 2.24) is 0 Å². The zero-order valence-electron chi connectivity index (χ0n) is 8.36. The van der Waals surface area contributed by atoms with Crippen molar-refractivity contribution in [2.24, 2.45) is 4.99 Å². The number of aliphatic imine (C=N–C) groups is 1. The van der Waals surface area contributed by atoms with Crippen LogP contribution in [-0.4, -0.2) is 5.71 Å². The quantitative estimate of drug-likeness (QED) is 0.538. The van der Waals surface area contributed by atoms with Crippen molar-refractivity contribution in [3.63, 3.8) is 0 Å². The summed E-state index contributed by atoms with van der Waals surface area (Å²) < 4.78 is 0. The lowest BCUT2D eigenvalue weighted by Gasteiger charge is -1.95. The molecule has 0 aliphatic heterocycles. The van der Waals surface area contributed by atoms with Crippen LogP contribution in [0.3, 0.4) is 0 Å². The highest BCUT2D eigenvalue weighted by atomic mass is 14.7. The zero-order valence-corrected chi connectivity index (χ0v) is 8.36. The van der Waals surface area contributed by atoms with Crippen molar-refractivity contribution in [1.29, 1.82) is 0 Å². The van der Waals surface area contributed by atoms with E-state index in [-0.39, 0.29) is 0 Å². The SMILES string of the molecule is C=C(C)N=C(C)C(=C)C.CC. The average molecular weight is 153 g/mol. The molecule has 0 fully saturated rings. The first-order valence-electron chi connectivity index (χ1n) is 3.90. The molecular weight excluding hydrogens is 134 g/mol. The third-order valence-corrected chi connectivity index (χ3v) is 0.976. The van der Waals surface area contributed by atoms with E-state index in [1.165, 1.54) is 0 Å². The third kappa shape index (κ3) is 9.15. The van der Waals surface area contributed by atoms with Crippen molar-refractivity contribution in [3.05, 3.63) is 24.4 Å². The Morgan fingerprint density at radius 2 is 1.36 bits per heavy atom. The topological polar surface area (TPSA) is 12.4 Å². The summed E-state index contributed by atoms with van der Waals surface area (Å²) in [6.45, 7) is 17.1. The molecule has 0 heterocycles. The van der Waals surface area contributed by atoms with Gasteiger partial charge >= 0.3 is 0 Å². The van der Waals surface area contributed by atoms with Gasteiger partial charge in [-0.2, -0.15) is 0 Å². The van der Waals surface area contributed by atoms with Crippen LogP contribution in [0.25, 0.3) is 0 Å². The van der Waals surface area contributed by atoms with Crippen LogP contribution in [0.15, 0.2) is 29.4 Å². The fraction of sp³-hybridized carbons (Fsp3) is 0.500. The van der Waals surface area contributed by atoms with E-state index in [4.69, 9.17) is 0 Å². The molecule has 0 radical (unpaired) electrons. The van der Waals surface area contributed by atoms with Gasteiger partial charge in [-0.25, -0.2) is 0 Å². The van der Waals surface area contributed by atoms with E-state index in [0.717, 1.165) is 17.0 Å². The number of nitrogens with zero attached hydrogens (tertiary/aromatic N) is 1. The largest absolute Gasteiger partial charge is 0.259 e. The van der Waals surface area contributed by atoms with Gasteiger partial charge in [-0.3, -0.25) is 4.99 Å². The van der Waals surface area contributed by atoms with Gasteiger partial charge in [-0.15, -0.1) is 0 Å². The predicted octanol–water partition coefficient (Wildman–Crippen LogP) is 3.58. The average Bonchev–Trinajstić information content (AvgIpc) is 1.90. The summed E-state index contributed by atoms with van der Waals surface area (Å²) >= 11 is 0. The first-order valence-corrected chi connectivity index (χ1v) is 3.90. The molecule has 1 heteroatoms. The lowest BCUT2D eigenvalue weighted by molar-refractivity contribution is 1.31. The molecule has 11 heavy (non-hydrogen) atoms. The van der Waals surface area contributed by atoms with Gasteiger partial charge in [0.2, 0.25) is 0 Å². The van der Waals surface area contributed by atoms with Gasteiger partial charge in [-0.05, 0) is 26.3 Å². The molecule has 0 unspecified atom stereocenters. The summed E-state index contributed by atoms with van der Waals surface area (Å²) in [5.74, 6) is 0. The maximum Gasteiger partial charge on any atom is 0.0398 e. The maximum absolute atomic E-state index is 4.10. The fourth-order valence-electron chi connectivity index (χ4n) is 0.382. The van der Waals surface area contributed by atoms with Gasteiger partial charge in [0, 0.05) is 11.4 Å². The van der Waals surface area contributed by atoms with Crippen LogP contribution in [0.2, 0.25) is 0 Å². The molecule has 0 amide bonds. The van der Waals surface area contributed by atoms with Crippen LogP contribution in [0.5, 0.6) is 0 Å². The van der Waals surface area contributed by atoms with E-state index in [1.54, 1.807) is 0 Å². The lowest BCUT2D eigenvalue weighted by atomic mass is 10.2. The molecule has 0 atom stereocenters. The normalized spacial score (nSPS) is 9.73. The van der Waals surface area contributed by atoms with Crippen LogP contribution in [0, 0.1) is 0 Å². The van der Waals surface area contributed by atoms with Gasteiger partial charge in [0.05, 0.1) is 0 Å². The van der Waals surface area contributed by atoms with Crippen molar-refractivity contribution >= 4 is 5.71 Å². The van der Waals surface area contributed by atoms with Gasteiger partial charge in [0.25, 0.3) is 0 Å². The monoisotopic (exact) mass is 153 g/mol. The molecule has 0 aromatic rings. The molecule has 0 N–H and O–H groups in total. The fourth-order valence-corrected chi connectivity index (χ4v) is 0.382. The van der Waals surface area contributed by atoms with Gasteiger partial charge in [0.15, 0.2) is 0 Å². The van der Waals surface area contributed by atoms with E-state index in [9.17, 15) is 0 Å². The Kier molecular flexibility index (Phi) is 8.44. The van der Waals surface area contributed by atoms with Crippen molar-refractivity contribution in [3.8, 4) is 0 Å². The number of allylic oxidation sites excluding steroid dienone is 2. The Morgan fingerprint density at radius 3 is 1.45 bits per heavy atom. The van der Waals surface area contributed by atoms with E-state index >= 15 is 0 Å². The molecule has 0 aliphatic rings. The molecule has 64 valence electrons. The maximum atomic E-state index is 4.10. The van der Waals surface area contributed by atoms with E-state index in [2.05, 4.69) is 18.2 Å². The number of hydrogen-bond acceptors (Lipinski definition) is 1. The van der Waals surface area contributed by atoms with Gasteiger partial charge in [-0.1, -0.05) is 27.0 Å². The van der Waals surface area contributed by atoms with Gasteiger partial charge < -0.3 is 0 Å². The van der Waals surface area contributed by atoms with Crippen LogP contribution in [0.1, 0.15) is 34.6 Å². The highest BCUT2D eigenvalue weighted by Gasteiger charge is 1.88. The van der Waals surface area contributed by atoms with Gasteiger partial charge in [0.1, 0.15) is 0 Å². The second-order valence-electron chi connectivity index (χ2n) is 2.21. The molecule has 1 nitrogen and oxygen atoms in total. The Hall–Kier alpha value is -0.850. The Labute approximate surface area is 70.5 Å². The minimum Gasteiger partial charge on any atom is -0.259 e.